The van der Waals surface area contributed by atoms with Crippen LogP contribution in [0.2, 0.25) is 0 Å². The fourth-order valence-corrected chi connectivity index (χ4v) is 6.04. The molecule has 13 nitrogen and oxygen atoms in total. The minimum atomic E-state index is -1.26. The number of ether oxygens (including phenoxy) is 8. The van der Waals surface area contributed by atoms with E-state index in [1.165, 1.54) is 7.11 Å². The van der Waals surface area contributed by atoms with Crippen LogP contribution in [0.4, 0.5) is 0 Å². The van der Waals surface area contributed by atoms with Gasteiger partial charge in [0.1, 0.15) is 18.0 Å². The van der Waals surface area contributed by atoms with Gasteiger partial charge in [0.25, 0.3) is 0 Å². The maximum Gasteiger partial charge on any atom is 0.338 e. The van der Waals surface area contributed by atoms with E-state index in [4.69, 9.17) is 37.9 Å². The van der Waals surface area contributed by atoms with E-state index in [2.05, 4.69) is 10.0 Å². The number of esters is 2. The number of hydrogen-bond donors (Lipinski definition) is 0. The van der Waals surface area contributed by atoms with Crippen LogP contribution in [-0.2, 0) is 51.2 Å². The number of hydrogen-bond acceptors (Lipinski definition) is 11. The van der Waals surface area contributed by atoms with Crippen molar-refractivity contribution in [1.82, 2.24) is 0 Å². The molecule has 2 heterocycles. The lowest BCUT2D eigenvalue weighted by atomic mass is 9.90. The Balaban J connectivity index is 1.35. The van der Waals surface area contributed by atoms with Crippen molar-refractivity contribution in [3.8, 4) is 5.75 Å². The summed E-state index contributed by atoms with van der Waals surface area (Å²) in [5.74, 6) is -0.673. The van der Waals surface area contributed by atoms with Crippen LogP contribution in [0, 0.1) is 5.92 Å². The minimum Gasteiger partial charge on any atom is -0.497 e. The second-order valence-corrected chi connectivity index (χ2v) is 12.2. The molecule has 266 valence electrons. The summed E-state index contributed by atoms with van der Waals surface area (Å²) in [5.41, 5.74) is 11.7. The van der Waals surface area contributed by atoms with Crippen molar-refractivity contribution in [2.75, 3.05) is 27.4 Å². The smallest absolute Gasteiger partial charge is 0.338 e. The van der Waals surface area contributed by atoms with Crippen molar-refractivity contribution in [2.24, 2.45) is 11.0 Å². The van der Waals surface area contributed by atoms with Gasteiger partial charge in [0, 0.05) is 11.5 Å². The first-order valence-corrected chi connectivity index (χ1v) is 16.6. The van der Waals surface area contributed by atoms with E-state index >= 15 is 0 Å². The zero-order valence-corrected chi connectivity index (χ0v) is 28.4. The highest BCUT2D eigenvalue weighted by Crippen LogP contribution is 2.34. The highest BCUT2D eigenvalue weighted by Gasteiger charge is 2.51. The topological polar surface area (TPSA) is 157 Å². The molecule has 2 fully saturated rings. The van der Waals surface area contributed by atoms with Gasteiger partial charge in [-0.15, -0.1) is 0 Å². The number of nitrogens with zero attached hydrogens (tertiary/aromatic N) is 3. The number of methoxy groups -OCH3 is 2. The van der Waals surface area contributed by atoms with Crippen LogP contribution in [0.15, 0.2) is 90.0 Å². The summed E-state index contributed by atoms with van der Waals surface area (Å²) in [4.78, 5) is 29.4. The molecule has 5 rings (SSSR count). The van der Waals surface area contributed by atoms with E-state index in [9.17, 15) is 15.1 Å². The Labute approximate surface area is 291 Å². The summed E-state index contributed by atoms with van der Waals surface area (Å²) in [5, 5.41) is 4.02. The lowest BCUT2D eigenvalue weighted by Gasteiger charge is -2.45. The van der Waals surface area contributed by atoms with E-state index in [1.807, 2.05) is 61.5 Å². The highest BCUT2D eigenvalue weighted by molar-refractivity contribution is 5.89. The van der Waals surface area contributed by atoms with Crippen LogP contribution in [0.3, 0.4) is 0 Å². The molecule has 3 aromatic rings. The third-order valence-electron chi connectivity index (χ3n) is 8.73. The molecule has 8 unspecified atom stereocenters. The Bertz CT molecular complexity index is 1550. The van der Waals surface area contributed by atoms with Gasteiger partial charge in [-0.1, -0.05) is 72.7 Å². The van der Waals surface area contributed by atoms with Gasteiger partial charge in [0.05, 0.1) is 51.7 Å². The molecule has 0 aromatic heterocycles. The fourth-order valence-electron chi connectivity index (χ4n) is 6.04. The molecule has 0 N–H and O–H groups in total. The van der Waals surface area contributed by atoms with Gasteiger partial charge in [0.2, 0.25) is 0 Å². The molecule has 8 atom stereocenters. The zero-order chi connectivity index (χ0) is 35.3. The first-order valence-electron chi connectivity index (χ1n) is 16.6. The van der Waals surface area contributed by atoms with Gasteiger partial charge in [-0.3, -0.25) is 0 Å². The van der Waals surface area contributed by atoms with E-state index < -0.39 is 48.7 Å². The number of carbonyl (C=O) groups excluding carboxylic acids is 2. The zero-order valence-electron chi connectivity index (χ0n) is 28.4. The van der Waals surface area contributed by atoms with Gasteiger partial charge in [-0.05, 0) is 59.7 Å². The Kier molecular flexibility index (Phi) is 13.6. The molecule has 2 saturated heterocycles. The molecule has 50 heavy (non-hydrogen) atoms. The Morgan fingerprint density at radius 3 is 2.30 bits per heavy atom. The van der Waals surface area contributed by atoms with Crippen molar-refractivity contribution in [3.63, 3.8) is 0 Å². The van der Waals surface area contributed by atoms with Crippen molar-refractivity contribution >= 4 is 11.9 Å². The van der Waals surface area contributed by atoms with Crippen LogP contribution in [0.5, 0.6) is 5.75 Å². The molecule has 2 aliphatic heterocycles. The Morgan fingerprint density at radius 2 is 1.62 bits per heavy atom. The molecule has 0 radical (unpaired) electrons. The average Bonchev–Trinajstić information content (AvgIpc) is 3.15. The molecule has 0 aliphatic carbocycles. The average molecular weight is 690 g/mol. The summed E-state index contributed by atoms with van der Waals surface area (Å²) < 4.78 is 47.5. The number of benzene rings is 3. The first-order chi connectivity index (χ1) is 24.4. The summed E-state index contributed by atoms with van der Waals surface area (Å²) in [7, 11) is 2.86. The molecule has 0 spiro atoms. The predicted molar refractivity (Wildman–Crippen MR) is 180 cm³/mol. The van der Waals surface area contributed by atoms with E-state index in [-0.39, 0.29) is 25.2 Å². The molecule has 0 bridgehead atoms. The number of carbonyl (C=O) groups is 2. The van der Waals surface area contributed by atoms with Gasteiger partial charge in [-0.25, -0.2) is 9.59 Å². The molecule has 0 amide bonds. The lowest BCUT2D eigenvalue weighted by molar-refractivity contribution is -0.293. The summed E-state index contributed by atoms with van der Waals surface area (Å²) >= 11 is 0. The highest BCUT2D eigenvalue weighted by atomic mass is 16.7. The van der Waals surface area contributed by atoms with Crippen molar-refractivity contribution in [1.29, 1.82) is 0 Å². The largest absolute Gasteiger partial charge is 0.497 e. The van der Waals surface area contributed by atoms with Crippen molar-refractivity contribution in [2.45, 2.75) is 75.8 Å². The molecular formula is C37H43N3O10. The van der Waals surface area contributed by atoms with E-state index in [1.54, 1.807) is 37.4 Å². The summed E-state index contributed by atoms with van der Waals surface area (Å²) in [6, 6.07) is 24.9. The van der Waals surface area contributed by atoms with Gasteiger partial charge >= 0.3 is 11.9 Å². The van der Waals surface area contributed by atoms with E-state index in [0.717, 1.165) is 16.9 Å². The van der Waals surface area contributed by atoms with Crippen molar-refractivity contribution < 1.29 is 47.5 Å². The molecule has 13 heteroatoms. The lowest BCUT2D eigenvalue weighted by Crippen LogP contribution is -2.61. The van der Waals surface area contributed by atoms with Crippen LogP contribution in [0.25, 0.3) is 10.4 Å². The standard InChI is InChI=1S/C37H43N3O10/c1-24-20-29(18-19-45-21-26-14-16-28(43-2)17-15-26)48-37(31(24)39-40-38)50-33-32(46-22-25-10-6-4-7-11-25)30(23-47-34(33)36(42)44-3)49-35(41)27-12-8-5-9-13-27/h4-17,24,29-34,37H,18-23H2,1-3H3. The molecular weight excluding hydrogens is 646 g/mol. The van der Waals surface area contributed by atoms with Crippen LogP contribution < -0.4 is 4.74 Å². The summed E-state index contributed by atoms with van der Waals surface area (Å²) in [6.45, 7) is 2.73. The monoisotopic (exact) mass is 689 g/mol. The number of azide groups is 1. The quantitative estimate of drug-likeness (QED) is 0.0628. The maximum absolute atomic E-state index is 13.2. The van der Waals surface area contributed by atoms with Crippen LogP contribution in [0.1, 0.15) is 41.3 Å². The first kappa shape index (κ1) is 36.8. The van der Waals surface area contributed by atoms with Gasteiger partial charge in [0.15, 0.2) is 18.5 Å². The molecule has 0 saturated carbocycles. The van der Waals surface area contributed by atoms with Gasteiger partial charge < -0.3 is 37.9 Å². The normalized spacial score (nSPS) is 26.3. The second kappa shape index (κ2) is 18.5. The third-order valence-corrected chi connectivity index (χ3v) is 8.73. The molecule has 3 aromatic carbocycles. The third kappa shape index (κ3) is 9.81. The van der Waals surface area contributed by atoms with Gasteiger partial charge in [-0.2, -0.15) is 0 Å². The Hall–Kier alpha value is -4.49. The molecule has 2 aliphatic rings. The predicted octanol–water partition coefficient (Wildman–Crippen LogP) is 5.80. The SMILES string of the molecule is COC(=O)C1OCC(OC(=O)c2ccccc2)C(OCc2ccccc2)C1OC1OC(CCOCc2ccc(OC)cc2)CC(C)C1N=[N+]=[N-]. The Morgan fingerprint density at radius 1 is 0.920 bits per heavy atom. The fraction of sp³-hybridized carbons (Fsp3) is 0.459. The minimum absolute atomic E-state index is 0.120. The van der Waals surface area contributed by atoms with Crippen LogP contribution in [-0.4, -0.2) is 82.2 Å². The number of rotatable bonds is 15. The van der Waals surface area contributed by atoms with Crippen molar-refractivity contribution in [3.05, 3.63) is 112 Å². The van der Waals surface area contributed by atoms with Crippen LogP contribution >= 0.6 is 0 Å². The summed E-state index contributed by atoms with van der Waals surface area (Å²) in [6.07, 6.45) is -4.68. The van der Waals surface area contributed by atoms with E-state index in [0.29, 0.717) is 31.6 Å². The second-order valence-electron chi connectivity index (χ2n) is 12.2. The maximum atomic E-state index is 13.2.